The van der Waals surface area contributed by atoms with Gasteiger partial charge in [-0.1, -0.05) is 11.4 Å². The van der Waals surface area contributed by atoms with Crippen molar-refractivity contribution in [2.24, 2.45) is 0 Å². The molecule has 118 valence electrons. The van der Waals surface area contributed by atoms with Gasteiger partial charge in [0.05, 0.1) is 24.5 Å². The van der Waals surface area contributed by atoms with Gasteiger partial charge in [0, 0.05) is 12.7 Å². The average molecular weight is 319 g/mol. The maximum atomic E-state index is 12.9. The number of hydrogen-bond acceptors (Lipinski definition) is 5. The number of amides is 1. The summed E-state index contributed by atoms with van der Waals surface area (Å²) in [5.74, 6) is 0.0837. The SMILES string of the molecule is CCc1nnsc1C(=O)N1CCCCC1Cn1cc(C)cn1. The van der Waals surface area contributed by atoms with Crippen LogP contribution >= 0.6 is 11.5 Å². The molecule has 0 aliphatic carbocycles. The van der Waals surface area contributed by atoms with Gasteiger partial charge in [0.25, 0.3) is 5.91 Å². The third-order valence-corrected chi connectivity index (χ3v) is 4.89. The van der Waals surface area contributed by atoms with E-state index in [0.717, 1.165) is 50.0 Å². The topological polar surface area (TPSA) is 63.9 Å². The van der Waals surface area contributed by atoms with Gasteiger partial charge in [-0.15, -0.1) is 5.10 Å². The molecule has 1 unspecified atom stereocenters. The van der Waals surface area contributed by atoms with E-state index in [0.29, 0.717) is 4.88 Å². The van der Waals surface area contributed by atoms with E-state index in [1.807, 2.05) is 35.8 Å². The van der Waals surface area contributed by atoms with Crippen LogP contribution in [0.25, 0.3) is 0 Å². The molecule has 2 aromatic rings. The first-order valence-electron chi connectivity index (χ1n) is 7.80. The van der Waals surface area contributed by atoms with Crippen LogP contribution < -0.4 is 0 Å². The highest BCUT2D eigenvalue weighted by molar-refractivity contribution is 7.08. The molecular formula is C15H21N5OS. The summed E-state index contributed by atoms with van der Waals surface area (Å²) in [6.45, 7) is 5.61. The van der Waals surface area contributed by atoms with Crippen LogP contribution in [0.3, 0.4) is 0 Å². The smallest absolute Gasteiger partial charge is 0.267 e. The molecule has 0 saturated carbocycles. The van der Waals surface area contributed by atoms with Crippen LogP contribution in [0, 0.1) is 6.92 Å². The molecule has 1 atom stereocenters. The lowest BCUT2D eigenvalue weighted by Gasteiger charge is -2.35. The fourth-order valence-corrected chi connectivity index (χ4v) is 3.68. The van der Waals surface area contributed by atoms with Gasteiger partial charge in [-0.2, -0.15) is 5.10 Å². The molecule has 1 aliphatic heterocycles. The number of nitrogens with zero attached hydrogens (tertiary/aromatic N) is 5. The van der Waals surface area contributed by atoms with Gasteiger partial charge >= 0.3 is 0 Å². The Labute approximate surface area is 134 Å². The summed E-state index contributed by atoms with van der Waals surface area (Å²) in [5, 5.41) is 8.42. The fraction of sp³-hybridized carbons (Fsp3) is 0.600. The molecule has 0 aromatic carbocycles. The zero-order valence-electron chi connectivity index (χ0n) is 13.0. The number of hydrogen-bond donors (Lipinski definition) is 0. The van der Waals surface area contributed by atoms with Gasteiger partial charge in [0.2, 0.25) is 0 Å². The largest absolute Gasteiger partial charge is 0.333 e. The van der Waals surface area contributed by atoms with E-state index in [4.69, 9.17) is 0 Å². The Balaban J connectivity index is 1.78. The maximum Gasteiger partial charge on any atom is 0.267 e. The summed E-state index contributed by atoms with van der Waals surface area (Å²) in [6.07, 6.45) is 7.89. The van der Waals surface area contributed by atoms with E-state index in [-0.39, 0.29) is 11.9 Å². The van der Waals surface area contributed by atoms with Crippen molar-refractivity contribution >= 4 is 17.4 Å². The number of aromatic nitrogens is 4. The first-order chi connectivity index (χ1) is 10.7. The quantitative estimate of drug-likeness (QED) is 0.867. The Morgan fingerprint density at radius 2 is 2.32 bits per heavy atom. The molecule has 0 bridgehead atoms. The van der Waals surface area contributed by atoms with Crippen LogP contribution in [0.15, 0.2) is 12.4 Å². The molecule has 3 heterocycles. The van der Waals surface area contributed by atoms with Crippen LogP contribution in [0.5, 0.6) is 0 Å². The minimum absolute atomic E-state index is 0.0837. The van der Waals surface area contributed by atoms with Crippen molar-refractivity contribution in [3.05, 3.63) is 28.5 Å². The van der Waals surface area contributed by atoms with Crippen LogP contribution in [-0.4, -0.2) is 42.8 Å². The number of rotatable bonds is 4. The number of piperidine rings is 1. The third kappa shape index (κ3) is 3.04. The average Bonchev–Trinajstić information content (AvgIpc) is 3.16. The lowest BCUT2D eigenvalue weighted by atomic mass is 10.0. The molecular weight excluding hydrogens is 298 g/mol. The highest BCUT2D eigenvalue weighted by Gasteiger charge is 2.30. The molecule has 7 heteroatoms. The summed E-state index contributed by atoms with van der Waals surface area (Å²) < 4.78 is 5.89. The zero-order chi connectivity index (χ0) is 15.5. The van der Waals surface area contributed by atoms with Gasteiger partial charge in [-0.05, 0) is 49.7 Å². The molecule has 1 fully saturated rings. The molecule has 2 aromatic heterocycles. The molecule has 0 radical (unpaired) electrons. The Kier molecular flexibility index (Phi) is 4.52. The molecule has 0 spiro atoms. The van der Waals surface area contributed by atoms with Crippen LogP contribution in [0.1, 0.15) is 47.1 Å². The Morgan fingerprint density at radius 1 is 1.45 bits per heavy atom. The Hall–Kier alpha value is -1.76. The van der Waals surface area contributed by atoms with Gasteiger partial charge in [0.15, 0.2) is 0 Å². The second-order valence-corrected chi connectivity index (χ2v) is 6.54. The van der Waals surface area contributed by atoms with E-state index < -0.39 is 0 Å². The summed E-state index contributed by atoms with van der Waals surface area (Å²) >= 11 is 1.21. The van der Waals surface area contributed by atoms with E-state index >= 15 is 0 Å². The standard InChI is InChI=1S/C15H21N5OS/c1-3-13-14(22-18-17-13)15(21)20-7-5-4-6-12(20)10-19-9-11(2)8-16-19/h8-9,12H,3-7,10H2,1-2H3. The fourth-order valence-electron chi connectivity index (χ4n) is 2.97. The number of aryl methyl sites for hydroxylation is 2. The van der Waals surface area contributed by atoms with Crippen molar-refractivity contribution in [2.75, 3.05) is 6.54 Å². The van der Waals surface area contributed by atoms with Gasteiger partial charge in [0.1, 0.15) is 4.88 Å². The predicted molar refractivity (Wildman–Crippen MR) is 84.9 cm³/mol. The lowest BCUT2D eigenvalue weighted by molar-refractivity contribution is 0.0587. The third-order valence-electron chi connectivity index (χ3n) is 4.13. The zero-order valence-corrected chi connectivity index (χ0v) is 13.8. The van der Waals surface area contributed by atoms with E-state index in [1.54, 1.807) is 0 Å². The van der Waals surface area contributed by atoms with Gasteiger partial charge in [-0.25, -0.2) is 0 Å². The molecule has 1 aliphatic rings. The highest BCUT2D eigenvalue weighted by Crippen LogP contribution is 2.23. The molecule has 0 N–H and O–H groups in total. The first kappa shape index (κ1) is 15.1. The van der Waals surface area contributed by atoms with E-state index in [9.17, 15) is 4.79 Å². The van der Waals surface area contributed by atoms with Crippen LogP contribution in [0.4, 0.5) is 0 Å². The van der Waals surface area contributed by atoms with Gasteiger partial charge < -0.3 is 4.90 Å². The Morgan fingerprint density at radius 3 is 3.05 bits per heavy atom. The normalized spacial score (nSPS) is 18.6. The maximum absolute atomic E-state index is 12.9. The highest BCUT2D eigenvalue weighted by atomic mass is 32.1. The predicted octanol–water partition coefficient (Wildman–Crippen LogP) is 2.30. The Bertz CT molecular complexity index is 650. The van der Waals surface area contributed by atoms with Crippen molar-refractivity contribution in [3.8, 4) is 0 Å². The summed E-state index contributed by atoms with van der Waals surface area (Å²) in [7, 11) is 0. The van der Waals surface area contributed by atoms with Crippen molar-refractivity contribution in [1.29, 1.82) is 0 Å². The molecule has 6 nitrogen and oxygen atoms in total. The second kappa shape index (κ2) is 6.56. The van der Waals surface area contributed by atoms with Crippen molar-refractivity contribution in [3.63, 3.8) is 0 Å². The van der Waals surface area contributed by atoms with Crippen molar-refractivity contribution < 1.29 is 4.79 Å². The minimum Gasteiger partial charge on any atom is -0.333 e. The van der Waals surface area contributed by atoms with E-state index in [2.05, 4.69) is 14.7 Å². The summed E-state index contributed by atoms with van der Waals surface area (Å²) in [5.41, 5.74) is 1.96. The van der Waals surface area contributed by atoms with Crippen LogP contribution in [0.2, 0.25) is 0 Å². The molecule has 22 heavy (non-hydrogen) atoms. The first-order valence-corrected chi connectivity index (χ1v) is 8.57. The second-order valence-electron chi connectivity index (χ2n) is 5.79. The summed E-state index contributed by atoms with van der Waals surface area (Å²) in [6, 6.07) is 0.201. The monoisotopic (exact) mass is 319 g/mol. The summed E-state index contributed by atoms with van der Waals surface area (Å²) in [4.78, 5) is 15.6. The van der Waals surface area contributed by atoms with Crippen LogP contribution in [-0.2, 0) is 13.0 Å². The van der Waals surface area contributed by atoms with Gasteiger partial charge in [-0.3, -0.25) is 9.48 Å². The molecule has 1 saturated heterocycles. The van der Waals surface area contributed by atoms with Crippen molar-refractivity contribution in [1.82, 2.24) is 24.3 Å². The number of likely N-dealkylation sites (tertiary alicyclic amines) is 1. The number of carbonyl (C=O) groups is 1. The van der Waals surface area contributed by atoms with E-state index in [1.165, 1.54) is 11.5 Å². The number of carbonyl (C=O) groups excluding carboxylic acids is 1. The molecule has 1 amide bonds. The lowest BCUT2D eigenvalue weighted by Crippen LogP contribution is -2.46. The molecule has 3 rings (SSSR count). The van der Waals surface area contributed by atoms with Crippen molar-refractivity contribution in [2.45, 2.75) is 52.1 Å². The minimum atomic E-state index is 0.0837.